The summed E-state index contributed by atoms with van der Waals surface area (Å²) >= 11 is 0. The largest absolute Gasteiger partial charge is 0.276 e. The molecule has 0 radical (unpaired) electrons. The minimum absolute atomic E-state index is 0.0584. The third-order valence-electron chi connectivity index (χ3n) is 4.20. The van der Waals surface area contributed by atoms with Crippen molar-refractivity contribution < 1.29 is 8.78 Å². The molecule has 1 heterocycles. The van der Waals surface area contributed by atoms with E-state index in [-0.39, 0.29) is 11.1 Å². The van der Waals surface area contributed by atoms with Crippen molar-refractivity contribution in [1.82, 2.24) is 4.57 Å². The number of fused-ring (bicyclic) bond motifs is 3. The van der Waals surface area contributed by atoms with Crippen LogP contribution in [0.2, 0.25) is 0 Å². The monoisotopic (exact) mass is 321 g/mol. The standard InChI is InChI=1S/C20H13F2NO/c21-19(22)13-9-11-14(12-10-13)23-18-8-4-3-6-16(18)15-5-1-2-7-17(15)20(23)24/h1-12,19H. The zero-order valence-corrected chi connectivity index (χ0v) is 12.6. The highest BCUT2D eigenvalue weighted by Crippen LogP contribution is 2.26. The van der Waals surface area contributed by atoms with Crippen LogP contribution in [0.15, 0.2) is 77.6 Å². The molecule has 0 aliphatic heterocycles. The van der Waals surface area contributed by atoms with Crippen molar-refractivity contribution in [1.29, 1.82) is 0 Å². The fourth-order valence-corrected chi connectivity index (χ4v) is 3.06. The van der Waals surface area contributed by atoms with Gasteiger partial charge in [-0.15, -0.1) is 0 Å². The van der Waals surface area contributed by atoms with Crippen LogP contribution in [-0.2, 0) is 0 Å². The van der Waals surface area contributed by atoms with Crippen LogP contribution in [0.1, 0.15) is 12.0 Å². The molecular formula is C20H13F2NO. The van der Waals surface area contributed by atoms with E-state index >= 15 is 0 Å². The van der Waals surface area contributed by atoms with Gasteiger partial charge < -0.3 is 0 Å². The molecule has 4 aromatic rings. The molecule has 0 aliphatic carbocycles. The summed E-state index contributed by atoms with van der Waals surface area (Å²) in [5.74, 6) is 0. The van der Waals surface area contributed by atoms with Crippen molar-refractivity contribution in [2.45, 2.75) is 6.43 Å². The third kappa shape index (κ3) is 2.19. The van der Waals surface area contributed by atoms with E-state index in [1.807, 2.05) is 42.5 Å². The van der Waals surface area contributed by atoms with E-state index in [4.69, 9.17) is 0 Å². The van der Waals surface area contributed by atoms with Crippen LogP contribution in [0, 0.1) is 0 Å². The van der Waals surface area contributed by atoms with Gasteiger partial charge >= 0.3 is 0 Å². The number of alkyl halides is 2. The van der Waals surface area contributed by atoms with Crippen molar-refractivity contribution >= 4 is 21.7 Å². The predicted molar refractivity (Wildman–Crippen MR) is 92.0 cm³/mol. The van der Waals surface area contributed by atoms with Gasteiger partial charge in [0.15, 0.2) is 0 Å². The van der Waals surface area contributed by atoms with Gasteiger partial charge in [-0.25, -0.2) is 8.78 Å². The highest BCUT2D eigenvalue weighted by Gasteiger charge is 2.12. The van der Waals surface area contributed by atoms with E-state index in [1.165, 1.54) is 12.1 Å². The highest BCUT2D eigenvalue weighted by molar-refractivity contribution is 6.06. The van der Waals surface area contributed by atoms with E-state index < -0.39 is 6.43 Å². The number of para-hydroxylation sites is 1. The second-order valence-electron chi connectivity index (χ2n) is 5.60. The van der Waals surface area contributed by atoms with Crippen LogP contribution >= 0.6 is 0 Å². The Labute approximate surface area is 136 Å². The van der Waals surface area contributed by atoms with Gasteiger partial charge in [0.25, 0.3) is 12.0 Å². The van der Waals surface area contributed by atoms with Gasteiger partial charge in [-0.3, -0.25) is 9.36 Å². The van der Waals surface area contributed by atoms with Gasteiger partial charge in [0.05, 0.1) is 5.52 Å². The molecule has 0 atom stereocenters. The van der Waals surface area contributed by atoms with E-state index in [9.17, 15) is 13.6 Å². The maximum absolute atomic E-state index is 13.0. The van der Waals surface area contributed by atoms with Gasteiger partial charge in [-0.1, -0.05) is 48.5 Å². The van der Waals surface area contributed by atoms with E-state index in [0.29, 0.717) is 11.1 Å². The minimum Gasteiger partial charge on any atom is -0.276 e. The number of nitrogens with zero attached hydrogens (tertiary/aromatic N) is 1. The van der Waals surface area contributed by atoms with E-state index in [2.05, 4.69) is 0 Å². The maximum atomic E-state index is 13.0. The number of pyridine rings is 1. The fourth-order valence-electron chi connectivity index (χ4n) is 3.06. The van der Waals surface area contributed by atoms with E-state index in [0.717, 1.165) is 16.3 Å². The molecule has 0 spiro atoms. The molecule has 2 nitrogen and oxygen atoms in total. The lowest BCUT2D eigenvalue weighted by molar-refractivity contribution is 0.151. The first-order valence-corrected chi connectivity index (χ1v) is 7.58. The molecule has 0 N–H and O–H groups in total. The second-order valence-corrected chi connectivity index (χ2v) is 5.60. The molecule has 4 rings (SSSR count). The van der Waals surface area contributed by atoms with Gasteiger partial charge in [-0.2, -0.15) is 0 Å². The summed E-state index contributed by atoms with van der Waals surface area (Å²) in [6, 6.07) is 20.9. The first kappa shape index (κ1) is 14.6. The number of hydrogen-bond acceptors (Lipinski definition) is 1. The lowest BCUT2D eigenvalue weighted by atomic mass is 10.1. The first-order chi connectivity index (χ1) is 11.7. The Morgan fingerprint density at radius 2 is 1.29 bits per heavy atom. The summed E-state index contributed by atoms with van der Waals surface area (Å²) in [5, 5.41) is 2.44. The van der Waals surface area contributed by atoms with E-state index in [1.54, 1.807) is 22.8 Å². The summed E-state index contributed by atoms with van der Waals surface area (Å²) in [6.45, 7) is 0. The molecule has 1 aromatic heterocycles. The maximum Gasteiger partial charge on any atom is 0.263 e. The van der Waals surface area contributed by atoms with Crippen molar-refractivity contribution in [2.75, 3.05) is 0 Å². The average molecular weight is 321 g/mol. The van der Waals surface area contributed by atoms with Crippen LogP contribution in [-0.4, -0.2) is 4.57 Å². The minimum atomic E-state index is -2.52. The molecule has 0 bridgehead atoms. The van der Waals surface area contributed by atoms with Crippen LogP contribution in [0.4, 0.5) is 8.78 Å². The van der Waals surface area contributed by atoms with Crippen molar-refractivity contribution in [3.8, 4) is 5.69 Å². The average Bonchev–Trinajstić information content (AvgIpc) is 2.62. The fraction of sp³-hybridized carbons (Fsp3) is 0.0500. The van der Waals surface area contributed by atoms with Crippen LogP contribution in [0.3, 0.4) is 0 Å². The van der Waals surface area contributed by atoms with Crippen molar-refractivity contribution in [3.05, 3.63) is 88.7 Å². The summed E-state index contributed by atoms with van der Waals surface area (Å²) in [4.78, 5) is 13.0. The molecule has 24 heavy (non-hydrogen) atoms. The molecule has 0 unspecified atom stereocenters. The van der Waals surface area contributed by atoms with Gasteiger partial charge in [0, 0.05) is 22.0 Å². The van der Waals surface area contributed by atoms with Gasteiger partial charge in [-0.05, 0) is 29.7 Å². The number of halogens is 2. The zero-order chi connectivity index (χ0) is 16.7. The van der Waals surface area contributed by atoms with Crippen molar-refractivity contribution in [2.24, 2.45) is 0 Å². The Morgan fingerprint density at radius 1 is 0.708 bits per heavy atom. The molecule has 0 saturated heterocycles. The molecule has 4 heteroatoms. The Morgan fingerprint density at radius 3 is 1.96 bits per heavy atom. The molecule has 3 aromatic carbocycles. The predicted octanol–water partition coefficient (Wildman–Crippen LogP) is 5.08. The van der Waals surface area contributed by atoms with Crippen LogP contribution in [0.25, 0.3) is 27.4 Å². The molecule has 0 aliphatic rings. The zero-order valence-electron chi connectivity index (χ0n) is 12.6. The smallest absolute Gasteiger partial charge is 0.263 e. The highest BCUT2D eigenvalue weighted by atomic mass is 19.3. The Kier molecular flexibility index (Phi) is 3.38. The summed E-state index contributed by atoms with van der Waals surface area (Å²) in [7, 11) is 0. The van der Waals surface area contributed by atoms with Crippen LogP contribution < -0.4 is 5.56 Å². The summed E-state index contributed by atoms with van der Waals surface area (Å²) in [5.41, 5.74) is 1.11. The molecule has 118 valence electrons. The van der Waals surface area contributed by atoms with Crippen molar-refractivity contribution in [3.63, 3.8) is 0 Å². The number of aromatic nitrogens is 1. The molecule has 0 saturated carbocycles. The molecule has 0 fully saturated rings. The second kappa shape index (κ2) is 5.57. The third-order valence-corrected chi connectivity index (χ3v) is 4.20. The normalized spacial score (nSPS) is 11.5. The number of hydrogen-bond donors (Lipinski definition) is 0. The Bertz CT molecular complexity index is 1100. The van der Waals surface area contributed by atoms with Gasteiger partial charge in [0.2, 0.25) is 0 Å². The van der Waals surface area contributed by atoms with Gasteiger partial charge in [0.1, 0.15) is 0 Å². The summed E-state index contributed by atoms with van der Waals surface area (Å²) in [6.07, 6.45) is -2.52. The number of rotatable bonds is 2. The molecule has 0 amide bonds. The topological polar surface area (TPSA) is 22.0 Å². The quantitative estimate of drug-likeness (QED) is 0.472. The first-order valence-electron chi connectivity index (χ1n) is 7.58. The summed E-state index contributed by atoms with van der Waals surface area (Å²) < 4.78 is 27.1. The SMILES string of the molecule is O=c1c2ccccc2c2ccccc2n1-c1ccc(C(F)F)cc1. The Balaban J connectivity index is 2.10. The lowest BCUT2D eigenvalue weighted by Gasteiger charge is -2.13. The lowest BCUT2D eigenvalue weighted by Crippen LogP contribution is -2.19. The Hall–Kier alpha value is -3.01. The number of benzene rings is 3. The van der Waals surface area contributed by atoms with Crippen LogP contribution in [0.5, 0.6) is 0 Å². The molecular weight excluding hydrogens is 308 g/mol.